The fraction of sp³-hybridized carbons (Fsp3) is 0.200. The maximum absolute atomic E-state index is 12.8. The fourth-order valence-electron chi connectivity index (χ4n) is 2.20. The lowest BCUT2D eigenvalue weighted by Crippen LogP contribution is -2.05. The molecule has 0 fully saturated rings. The molecule has 0 saturated carbocycles. The average molecular weight is 403 g/mol. The molecule has 1 N–H and O–H groups in total. The normalized spacial score (nSPS) is 10.6. The van der Waals surface area contributed by atoms with E-state index in [9.17, 15) is 9.18 Å². The Morgan fingerprint density at radius 2 is 1.93 bits per heavy atom. The molecule has 7 heteroatoms. The molecule has 1 heterocycles. The number of hydrogen-bond acceptors (Lipinski definition) is 6. The van der Waals surface area contributed by atoms with Crippen LogP contribution in [0.25, 0.3) is 0 Å². The number of anilines is 2. The number of benzene rings is 2. The predicted octanol–water partition coefficient (Wildman–Crippen LogP) is 5.56. The Morgan fingerprint density at radius 3 is 2.67 bits per heavy atom. The van der Waals surface area contributed by atoms with Crippen LogP contribution in [0.5, 0.6) is 0 Å². The molecule has 0 aliphatic carbocycles. The lowest BCUT2D eigenvalue weighted by molar-refractivity contribution is -0.144. The van der Waals surface area contributed by atoms with E-state index in [4.69, 9.17) is 4.74 Å². The molecule has 27 heavy (non-hydrogen) atoms. The largest absolute Gasteiger partial charge is 0.459 e. The molecule has 0 spiro atoms. The van der Waals surface area contributed by atoms with Crippen LogP contribution < -0.4 is 5.32 Å². The van der Waals surface area contributed by atoms with Gasteiger partial charge in [0.2, 0.25) is 0 Å². The van der Waals surface area contributed by atoms with Gasteiger partial charge in [0, 0.05) is 21.7 Å². The summed E-state index contributed by atoms with van der Waals surface area (Å²) >= 11 is 2.96. The zero-order chi connectivity index (χ0) is 19.1. The molecule has 0 atom stereocenters. The van der Waals surface area contributed by atoms with Gasteiger partial charge in [-0.15, -0.1) is 23.1 Å². The van der Waals surface area contributed by atoms with Crippen LogP contribution >= 0.6 is 23.1 Å². The van der Waals surface area contributed by atoms with Crippen molar-refractivity contribution in [1.82, 2.24) is 4.98 Å². The van der Waals surface area contributed by atoms with Gasteiger partial charge >= 0.3 is 5.97 Å². The first-order valence-corrected chi connectivity index (χ1v) is 10.3. The minimum absolute atomic E-state index is 0.159. The number of carbonyl (C=O) groups is 1. The van der Waals surface area contributed by atoms with E-state index < -0.39 is 0 Å². The monoisotopic (exact) mass is 402 g/mol. The molecule has 0 aliphatic heterocycles. The van der Waals surface area contributed by atoms with Crippen LogP contribution in [0.3, 0.4) is 0 Å². The molecule has 3 aromatic rings. The van der Waals surface area contributed by atoms with Crippen molar-refractivity contribution in [3.8, 4) is 0 Å². The third-order valence-corrected chi connectivity index (χ3v) is 5.44. The van der Waals surface area contributed by atoms with E-state index in [1.807, 2.05) is 36.6 Å². The maximum Gasteiger partial charge on any atom is 0.307 e. The second kappa shape index (κ2) is 9.53. The maximum atomic E-state index is 12.8. The van der Waals surface area contributed by atoms with Gasteiger partial charge in [0.25, 0.3) is 0 Å². The number of thiazole rings is 1. The Balaban J connectivity index is 1.39. The molecule has 0 bridgehead atoms. The van der Waals surface area contributed by atoms with E-state index in [1.54, 1.807) is 12.1 Å². The first-order chi connectivity index (χ1) is 13.1. The summed E-state index contributed by atoms with van der Waals surface area (Å²) < 4.78 is 18.1. The highest BCUT2D eigenvalue weighted by Crippen LogP contribution is 2.22. The van der Waals surface area contributed by atoms with E-state index in [2.05, 4.69) is 10.3 Å². The van der Waals surface area contributed by atoms with Gasteiger partial charge in [-0.3, -0.25) is 4.79 Å². The number of thioether (sulfide) groups is 1. The van der Waals surface area contributed by atoms with Crippen molar-refractivity contribution in [2.75, 3.05) is 11.1 Å². The van der Waals surface area contributed by atoms with Crippen LogP contribution in [-0.4, -0.2) is 16.7 Å². The summed E-state index contributed by atoms with van der Waals surface area (Å²) in [6, 6.07) is 14.3. The first kappa shape index (κ1) is 19.4. The summed E-state index contributed by atoms with van der Waals surface area (Å²) in [5.74, 6) is 0.0470. The molecule has 4 nitrogen and oxygen atoms in total. The van der Waals surface area contributed by atoms with Gasteiger partial charge < -0.3 is 10.1 Å². The number of aromatic nitrogens is 1. The van der Waals surface area contributed by atoms with Crippen LogP contribution in [0.4, 0.5) is 15.2 Å². The number of hydrogen-bond donors (Lipinski definition) is 1. The number of aryl methyl sites for hydroxylation is 1. The predicted molar refractivity (Wildman–Crippen MR) is 108 cm³/mol. The first-order valence-electron chi connectivity index (χ1n) is 8.40. The third-order valence-electron chi connectivity index (χ3n) is 3.62. The molecule has 2 aromatic carbocycles. The number of nitrogens with one attached hydrogen (secondary N) is 1. The Labute approximate surface area is 165 Å². The van der Waals surface area contributed by atoms with Gasteiger partial charge in [0.15, 0.2) is 5.13 Å². The number of carbonyl (C=O) groups excluding carboxylic acids is 1. The van der Waals surface area contributed by atoms with Crippen molar-refractivity contribution >= 4 is 39.9 Å². The summed E-state index contributed by atoms with van der Waals surface area (Å²) in [6.45, 7) is 2.20. The van der Waals surface area contributed by atoms with Gasteiger partial charge in [0.1, 0.15) is 12.4 Å². The minimum atomic E-state index is -0.273. The topological polar surface area (TPSA) is 51.2 Å². The third kappa shape index (κ3) is 6.37. The Kier molecular flexibility index (Phi) is 6.84. The summed E-state index contributed by atoms with van der Waals surface area (Å²) in [4.78, 5) is 17.2. The molecule has 1 aromatic heterocycles. The number of halogens is 1. The van der Waals surface area contributed by atoms with Gasteiger partial charge in [-0.2, -0.15) is 0 Å². The van der Waals surface area contributed by atoms with Gasteiger partial charge in [-0.25, -0.2) is 9.37 Å². The summed E-state index contributed by atoms with van der Waals surface area (Å²) in [5.41, 5.74) is 2.88. The standard InChI is InChI=1S/C20H19FN2O2S2/c1-14-2-6-16(7-3-14)22-20-23-17(13-27-20)12-25-19(24)10-11-26-18-8-4-15(21)5-9-18/h2-9,13H,10-12H2,1H3,(H,22,23). The Bertz CT molecular complexity index is 880. The average Bonchev–Trinajstić information content (AvgIpc) is 3.11. The van der Waals surface area contributed by atoms with Gasteiger partial charge in [-0.05, 0) is 43.3 Å². The molecule has 0 unspecified atom stereocenters. The molecule has 3 rings (SSSR count). The second-order valence-corrected chi connectivity index (χ2v) is 7.87. The molecule has 0 saturated heterocycles. The van der Waals surface area contributed by atoms with E-state index in [0.717, 1.165) is 15.7 Å². The van der Waals surface area contributed by atoms with Crippen LogP contribution in [0.2, 0.25) is 0 Å². The molecule has 0 aliphatic rings. The van der Waals surface area contributed by atoms with Gasteiger partial charge in [-0.1, -0.05) is 17.7 Å². The van der Waals surface area contributed by atoms with Crippen LogP contribution in [0.1, 0.15) is 17.7 Å². The Morgan fingerprint density at radius 1 is 1.19 bits per heavy atom. The molecular weight excluding hydrogens is 383 g/mol. The van der Waals surface area contributed by atoms with Crippen LogP contribution in [0.15, 0.2) is 58.8 Å². The number of ether oxygens (including phenoxy) is 1. The molecule has 0 amide bonds. The number of nitrogens with zero attached hydrogens (tertiary/aromatic N) is 1. The molecule has 0 radical (unpaired) electrons. The van der Waals surface area contributed by atoms with E-state index in [-0.39, 0.29) is 18.4 Å². The Hall–Kier alpha value is -2.38. The van der Waals surface area contributed by atoms with Crippen molar-refractivity contribution in [1.29, 1.82) is 0 Å². The zero-order valence-electron chi connectivity index (χ0n) is 14.8. The van der Waals surface area contributed by atoms with E-state index in [0.29, 0.717) is 17.9 Å². The highest BCUT2D eigenvalue weighted by Gasteiger charge is 2.07. The number of rotatable bonds is 8. The molecular formula is C20H19FN2O2S2. The van der Waals surface area contributed by atoms with E-state index >= 15 is 0 Å². The highest BCUT2D eigenvalue weighted by molar-refractivity contribution is 7.99. The van der Waals surface area contributed by atoms with Crippen LogP contribution in [0, 0.1) is 12.7 Å². The smallest absolute Gasteiger partial charge is 0.307 e. The summed E-state index contributed by atoms with van der Waals surface area (Å²) in [5, 5.41) is 5.87. The summed E-state index contributed by atoms with van der Waals surface area (Å²) in [6.07, 6.45) is 0.292. The SMILES string of the molecule is Cc1ccc(Nc2nc(COC(=O)CCSc3ccc(F)cc3)cs2)cc1. The number of esters is 1. The van der Waals surface area contributed by atoms with Crippen molar-refractivity contribution < 1.29 is 13.9 Å². The second-order valence-electron chi connectivity index (χ2n) is 5.85. The van der Waals surface area contributed by atoms with Crippen molar-refractivity contribution in [2.24, 2.45) is 0 Å². The summed E-state index contributed by atoms with van der Waals surface area (Å²) in [7, 11) is 0. The van der Waals surface area contributed by atoms with Crippen molar-refractivity contribution in [3.63, 3.8) is 0 Å². The highest BCUT2D eigenvalue weighted by atomic mass is 32.2. The molecule has 140 valence electrons. The van der Waals surface area contributed by atoms with E-state index in [1.165, 1.54) is 40.8 Å². The lowest BCUT2D eigenvalue weighted by Gasteiger charge is -2.04. The van der Waals surface area contributed by atoms with Gasteiger partial charge in [0.05, 0.1) is 12.1 Å². The van der Waals surface area contributed by atoms with Crippen LogP contribution in [-0.2, 0) is 16.1 Å². The van der Waals surface area contributed by atoms with Crippen molar-refractivity contribution in [2.45, 2.75) is 24.8 Å². The quantitative estimate of drug-likeness (QED) is 0.395. The minimum Gasteiger partial charge on any atom is -0.459 e. The zero-order valence-corrected chi connectivity index (χ0v) is 16.4. The lowest BCUT2D eigenvalue weighted by atomic mass is 10.2. The fourth-order valence-corrected chi connectivity index (χ4v) is 3.75. The van der Waals surface area contributed by atoms with Crippen molar-refractivity contribution in [3.05, 3.63) is 71.0 Å².